The molecule has 19 heavy (non-hydrogen) atoms. The van der Waals surface area contributed by atoms with E-state index in [-0.39, 0.29) is 0 Å². The van der Waals surface area contributed by atoms with Crippen molar-refractivity contribution in [2.75, 3.05) is 6.54 Å². The summed E-state index contributed by atoms with van der Waals surface area (Å²) < 4.78 is 0. The van der Waals surface area contributed by atoms with Crippen molar-refractivity contribution < 1.29 is 5.11 Å². The molecule has 0 spiro atoms. The maximum Gasteiger partial charge on any atom is 0.120 e. The third-order valence-electron chi connectivity index (χ3n) is 3.65. The van der Waals surface area contributed by atoms with Crippen LogP contribution in [0.2, 0.25) is 5.02 Å². The van der Waals surface area contributed by atoms with E-state index in [1.54, 1.807) is 12.1 Å². The van der Waals surface area contributed by atoms with Gasteiger partial charge in [0.1, 0.15) is 5.75 Å². The lowest BCUT2D eigenvalue weighted by Crippen LogP contribution is -2.29. The van der Waals surface area contributed by atoms with Crippen molar-refractivity contribution in [2.24, 2.45) is 0 Å². The van der Waals surface area contributed by atoms with E-state index in [4.69, 9.17) is 11.6 Å². The first-order valence-electron chi connectivity index (χ1n) is 6.49. The van der Waals surface area contributed by atoms with Crippen molar-refractivity contribution in [3.63, 3.8) is 0 Å². The average Bonchev–Trinajstić information content (AvgIpc) is 2.43. The van der Waals surface area contributed by atoms with Gasteiger partial charge in [0.2, 0.25) is 0 Å². The maximum atomic E-state index is 9.88. The summed E-state index contributed by atoms with van der Waals surface area (Å²) >= 11 is 5.99. The van der Waals surface area contributed by atoms with Crippen LogP contribution in [-0.2, 0) is 19.5 Å². The zero-order valence-electron chi connectivity index (χ0n) is 10.6. The Kier molecular flexibility index (Phi) is 3.45. The molecule has 0 aliphatic carbocycles. The predicted molar refractivity (Wildman–Crippen MR) is 77.4 cm³/mol. The Morgan fingerprint density at radius 3 is 2.74 bits per heavy atom. The Labute approximate surface area is 118 Å². The molecule has 0 bridgehead atoms. The van der Waals surface area contributed by atoms with E-state index >= 15 is 0 Å². The zero-order valence-corrected chi connectivity index (χ0v) is 11.4. The van der Waals surface area contributed by atoms with Crippen LogP contribution in [0.15, 0.2) is 42.5 Å². The highest BCUT2D eigenvalue weighted by atomic mass is 35.5. The van der Waals surface area contributed by atoms with Crippen molar-refractivity contribution in [3.05, 3.63) is 64.2 Å². The number of halogens is 1. The molecule has 0 saturated heterocycles. The summed E-state index contributed by atoms with van der Waals surface area (Å²) in [5, 5.41) is 10.5. The molecule has 1 heterocycles. The minimum absolute atomic E-state index is 0.322. The van der Waals surface area contributed by atoms with Crippen LogP contribution in [0.4, 0.5) is 0 Å². The van der Waals surface area contributed by atoms with Gasteiger partial charge in [-0.05, 0) is 35.7 Å². The number of benzene rings is 2. The number of phenolic OH excluding ortho intramolecular Hbond substituents is 1. The molecule has 0 radical (unpaired) electrons. The van der Waals surface area contributed by atoms with Gasteiger partial charge >= 0.3 is 0 Å². The lowest BCUT2D eigenvalue weighted by Gasteiger charge is -2.28. The van der Waals surface area contributed by atoms with Crippen LogP contribution in [0.5, 0.6) is 5.75 Å². The Bertz CT molecular complexity index is 597. The molecular formula is C16H16ClNO. The van der Waals surface area contributed by atoms with Crippen molar-refractivity contribution in [3.8, 4) is 5.75 Å². The van der Waals surface area contributed by atoms with Gasteiger partial charge in [0.05, 0.1) is 0 Å². The molecule has 0 aromatic heterocycles. The molecule has 98 valence electrons. The van der Waals surface area contributed by atoms with Gasteiger partial charge < -0.3 is 5.11 Å². The monoisotopic (exact) mass is 273 g/mol. The number of hydrogen-bond donors (Lipinski definition) is 1. The van der Waals surface area contributed by atoms with Gasteiger partial charge in [0, 0.05) is 30.2 Å². The minimum atomic E-state index is 0.322. The van der Waals surface area contributed by atoms with Gasteiger partial charge in [-0.3, -0.25) is 4.90 Å². The molecule has 0 saturated carbocycles. The maximum absolute atomic E-state index is 9.88. The van der Waals surface area contributed by atoms with Gasteiger partial charge in [-0.25, -0.2) is 0 Å². The molecule has 0 fully saturated rings. The SMILES string of the molecule is Oc1ccc(Cl)cc1CN1CCc2ccccc2C1. The molecule has 1 aliphatic rings. The van der Waals surface area contributed by atoms with Gasteiger partial charge in [0.15, 0.2) is 0 Å². The van der Waals surface area contributed by atoms with Crippen molar-refractivity contribution >= 4 is 11.6 Å². The number of fused-ring (bicyclic) bond motifs is 1. The van der Waals surface area contributed by atoms with E-state index in [0.29, 0.717) is 10.8 Å². The van der Waals surface area contributed by atoms with Crippen molar-refractivity contribution in [1.29, 1.82) is 0 Å². The molecule has 2 aromatic carbocycles. The second-order valence-electron chi connectivity index (χ2n) is 5.00. The fraction of sp³-hybridized carbons (Fsp3) is 0.250. The number of phenols is 1. The number of aromatic hydroxyl groups is 1. The molecule has 0 amide bonds. The fourth-order valence-corrected chi connectivity index (χ4v) is 2.81. The fourth-order valence-electron chi connectivity index (χ4n) is 2.61. The molecule has 3 rings (SSSR count). The van der Waals surface area contributed by atoms with E-state index in [9.17, 15) is 5.11 Å². The normalized spacial score (nSPS) is 15.2. The topological polar surface area (TPSA) is 23.5 Å². The van der Waals surface area contributed by atoms with Crippen molar-refractivity contribution in [2.45, 2.75) is 19.5 Å². The predicted octanol–water partition coefficient (Wildman–Crippen LogP) is 3.60. The third-order valence-corrected chi connectivity index (χ3v) is 3.88. The molecule has 3 heteroatoms. The second-order valence-corrected chi connectivity index (χ2v) is 5.44. The highest BCUT2D eigenvalue weighted by Gasteiger charge is 2.16. The largest absolute Gasteiger partial charge is 0.508 e. The Morgan fingerprint density at radius 1 is 1.11 bits per heavy atom. The number of hydrogen-bond acceptors (Lipinski definition) is 2. The summed E-state index contributed by atoms with van der Waals surface area (Å²) in [5.74, 6) is 0.322. The highest BCUT2D eigenvalue weighted by Crippen LogP contribution is 2.25. The van der Waals surface area contributed by atoms with Gasteiger partial charge in [-0.1, -0.05) is 35.9 Å². The summed E-state index contributed by atoms with van der Waals surface area (Å²) in [6, 6.07) is 13.8. The van der Waals surface area contributed by atoms with E-state index in [1.165, 1.54) is 11.1 Å². The molecular weight excluding hydrogens is 258 g/mol. The number of nitrogens with zero attached hydrogens (tertiary/aromatic N) is 1. The van der Waals surface area contributed by atoms with E-state index in [1.807, 2.05) is 6.07 Å². The summed E-state index contributed by atoms with van der Waals surface area (Å²) in [7, 11) is 0. The molecule has 2 aromatic rings. The van der Waals surface area contributed by atoms with Crippen LogP contribution >= 0.6 is 11.6 Å². The average molecular weight is 274 g/mol. The van der Waals surface area contributed by atoms with E-state index in [2.05, 4.69) is 29.2 Å². The first-order valence-corrected chi connectivity index (χ1v) is 6.87. The van der Waals surface area contributed by atoms with Crippen LogP contribution in [0.25, 0.3) is 0 Å². The Balaban J connectivity index is 1.77. The molecule has 1 aliphatic heterocycles. The Hall–Kier alpha value is -1.51. The first-order chi connectivity index (χ1) is 9.22. The van der Waals surface area contributed by atoms with E-state index in [0.717, 1.165) is 31.6 Å². The van der Waals surface area contributed by atoms with E-state index < -0.39 is 0 Å². The highest BCUT2D eigenvalue weighted by molar-refractivity contribution is 6.30. The van der Waals surface area contributed by atoms with Crippen LogP contribution in [0.3, 0.4) is 0 Å². The summed E-state index contributed by atoms with van der Waals surface area (Å²) in [4.78, 5) is 2.34. The lowest BCUT2D eigenvalue weighted by atomic mass is 9.99. The lowest BCUT2D eigenvalue weighted by molar-refractivity contribution is 0.242. The molecule has 1 N–H and O–H groups in total. The van der Waals surface area contributed by atoms with Crippen molar-refractivity contribution in [1.82, 2.24) is 4.90 Å². The van der Waals surface area contributed by atoms with Crippen LogP contribution < -0.4 is 0 Å². The zero-order chi connectivity index (χ0) is 13.2. The smallest absolute Gasteiger partial charge is 0.120 e. The summed E-state index contributed by atoms with van der Waals surface area (Å²) in [5.41, 5.74) is 3.72. The molecule has 0 unspecified atom stereocenters. The summed E-state index contributed by atoms with van der Waals surface area (Å²) in [6.45, 7) is 2.69. The number of rotatable bonds is 2. The van der Waals surface area contributed by atoms with Gasteiger partial charge in [-0.15, -0.1) is 0 Å². The first kappa shape index (κ1) is 12.5. The van der Waals surface area contributed by atoms with Gasteiger partial charge in [0.25, 0.3) is 0 Å². The minimum Gasteiger partial charge on any atom is -0.508 e. The van der Waals surface area contributed by atoms with Gasteiger partial charge in [-0.2, -0.15) is 0 Å². The third kappa shape index (κ3) is 2.75. The molecule has 0 atom stereocenters. The van der Waals surface area contributed by atoms with Crippen LogP contribution in [0.1, 0.15) is 16.7 Å². The van der Waals surface area contributed by atoms with Crippen LogP contribution in [-0.4, -0.2) is 16.6 Å². The Morgan fingerprint density at radius 2 is 1.89 bits per heavy atom. The quantitative estimate of drug-likeness (QED) is 0.904. The van der Waals surface area contributed by atoms with Crippen LogP contribution in [0, 0.1) is 0 Å². The standard InChI is InChI=1S/C16H16ClNO/c17-15-5-6-16(19)14(9-15)11-18-8-7-12-3-1-2-4-13(12)10-18/h1-6,9,19H,7-8,10-11H2. The molecule has 2 nitrogen and oxygen atoms in total. The second kappa shape index (κ2) is 5.24. The summed E-state index contributed by atoms with van der Waals surface area (Å²) in [6.07, 6.45) is 1.07.